The van der Waals surface area contributed by atoms with Crippen LogP contribution in [0.5, 0.6) is 0 Å². The summed E-state index contributed by atoms with van der Waals surface area (Å²) in [7, 11) is 0. The van der Waals surface area contributed by atoms with Gasteiger partial charge in [-0.15, -0.1) is 0 Å². The van der Waals surface area contributed by atoms with Crippen molar-refractivity contribution >= 4 is 11.2 Å². The van der Waals surface area contributed by atoms with E-state index in [1.807, 2.05) is 30.5 Å². The molecule has 1 aromatic carbocycles. The van der Waals surface area contributed by atoms with Gasteiger partial charge in [0.2, 0.25) is 0 Å². The predicted molar refractivity (Wildman–Crippen MR) is 60.2 cm³/mol. The van der Waals surface area contributed by atoms with Gasteiger partial charge >= 0.3 is 0 Å². The molecule has 0 saturated heterocycles. The van der Waals surface area contributed by atoms with E-state index in [2.05, 4.69) is 11.2 Å². The molecule has 2 aromatic rings. The zero-order valence-electron chi connectivity index (χ0n) is 8.38. The Morgan fingerprint density at radius 2 is 2.40 bits per heavy atom. The highest BCUT2D eigenvalue weighted by Gasteiger charge is 2.08. The number of para-hydroxylation sites is 1. The lowest BCUT2D eigenvalue weighted by Gasteiger charge is -2.09. The third-order valence-corrected chi connectivity index (χ3v) is 2.73. The minimum atomic E-state index is -0.850. The third-order valence-electron chi connectivity index (χ3n) is 2.01. The fraction of sp³-hybridized carbons (Fsp3) is 0.182. The monoisotopic (exact) mass is 219 g/mol. The van der Waals surface area contributed by atoms with E-state index in [4.69, 9.17) is 0 Å². The lowest BCUT2D eigenvalue weighted by Crippen LogP contribution is -2.06. The first-order valence-corrected chi connectivity index (χ1v) is 6.30. The summed E-state index contributed by atoms with van der Waals surface area (Å²) in [5.41, 5.74) is 1.87. The summed E-state index contributed by atoms with van der Waals surface area (Å²) in [5, 5.41) is 4.14. The van der Waals surface area contributed by atoms with Crippen molar-refractivity contribution in [3.8, 4) is 5.69 Å². The third kappa shape index (κ3) is 2.40. The maximum atomic E-state index is 11.2. The number of hydrogen-bond acceptors (Lipinski definition) is 2. The van der Waals surface area contributed by atoms with Gasteiger partial charge in [-0.1, -0.05) is 29.4 Å². The van der Waals surface area contributed by atoms with Crippen LogP contribution in [0.25, 0.3) is 5.69 Å². The van der Waals surface area contributed by atoms with Gasteiger partial charge in [0.05, 0.1) is 11.9 Å². The maximum absolute atomic E-state index is 11.2. The molecule has 1 aromatic heterocycles. The number of hydrogen-bond donors (Lipinski definition) is 0. The van der Waals surface area contributed by atoms with Crippen LogP contribution in [-0.2, 0) is 16.9 Å². The highest BCUT2D eigenvalue weighted by atomic mass is 32.2. The van der Waals surface area contributed by atoms with Gasteiger partial charge in [0, 0.05) is 24.0 Å². The van der Waals surface area contributed by atoms with Gasteiger partial charge in [0.25, 0.3) is 0 Å². The summed E-state index contributed by atoms with van der Waals surface area (Å²) >= 11 is -0.850. The zero-order valence-corrected chi connectivity index (χ0v) is 9.20. The van der Waals surface area contributed by atoms with Crippen LogP contribution in [0.4, 0.5) is 0 Å². The quantitative estimate of drug-likeness (QED) is 0.735. The van der Waals surface area contributed by atoms with Crippen LogP contribution < -0.4 is 0 Å². The van der Waals surface area contributed by atoms with Crippen molar-refractivity contribution in [2.75, 3.05) is 6.26 Å². The SMILES string of the molecule is C[S+]([O-])Cc1ccc[c]c1-n1cccn1. The highest BCUT2D eigenvalue weighted by molar-refractivity contribution is 7.89. The molecule has 2 rings (SSSR count). The van der Waals surface area contributed by atoms with E-state index >= 15 is 0 Å². The predicted octanol–water partition coefficient (Wildman–Crippen LogP) is 1.55. The number of nitrogens with zero attached hydrogens (tertiary/aromatic N) is 2. The molecule has 4 heteroatoms. The fourth-order valence-corrected chi connectivity index (χ4v) is 2.08. The molecule has 0 amide bonds. The van der Waals surface area contributed by atoms with E-state index in [-0.39, 0.29) is 0 Å². The molecule has 0 bridgehead atoms. The minimum absolute atomic E-state index is 0.534. The standard InChI is InChI=1S/C11H11N2OS/c1-15(14)9-10-5-2-3-6-11(10)13-8-4-7-12-13/h2-5,7-8H,9H2,1H3. The van der Waals surface area contributed by atoms with Crippen molar-refractivity contribution in [3.63, 3.8) is 0 Å². The molecule has 0 aliphatic carbocycles. The average Bonchev–Trinajstić information content (AvgIpc) is 2.70. The van der Waals surface area contributed by atoms with Crippen molar-refractivity contribution in [1.82, 2.24) is 9.78 Å². The molecule has 1 radical (unpaired) electrons. The van der Waals surface area contributed by atoms with Gasteiger partial charge in [-0.05, 0) is 6.07 Å². The van der Waals surface area contributed by atoms with Gasteiger partial charge in [-0.2, -0.15) is 5.10 Å². The Bertz CT molecular complexity index is 426. The zero-order chi connectivity index (χ0) is 10.7. The van der Waals surface area contributed by atoms with Gasteiger partial charge in [0.15, 0.2) is 0 Å². The van der Waals surface area contributed by atoms with Crippen LogP contribution >= 0.6 is 0 Å². The second kappa shape index (κ2) is 4.51. The summed E-state index contributed by atoms with van der Waals surface area (Å²) in [5.74, 6) is 0.534. The van der Waals surface area contributed by atoms with Crippen LogP contribution in [0.1, 0.15) is 5.56 Å². The van der Waals surface area contributed by atoms with Gasteiger partial charge < -0.3 is 4.55 Å². The summed E-state index contributed by atoms with van der Waals surface area (Å²) in [6.07, 6.45) is 5.27. The van der Waals surface area contributed by atoms with Crippen molar-refractivity contribution < 1.29 is 4.55 Å². The smallest absolute Gasteiger partial charge is 0.132 e. The normalized spacial score (nSPS) is 12.7. The van der Waals surface area contributed by atoms with Crippen LogP contribution in [0.3, 0.4) is 0 Å². The van der Waals surface area contributed by atoms with Crippen LogP contribution in [0.15, 0.2) is 36.7 Å². The topological polar surface area (TPSA) is 40.9 Å². The molecular weight excluding hydrogens is 208 g/mol. The molecule has 15 heavy (non-hydrogen) atoms. The van der Waals surface area contributed by atoms with Crippen molar-refractivity contribution in [1.29, 1.82) is 0 Å². The fourth-order valence-electron chi connectivity index (χ4n) is 1.41. The second-order valence-corrected chi connectivity index (χ2v) is 4.65. The highest BCUT2D eigenvalue weighted by Crippen LogP contribution is 2.15. The van der Waals surface area contributed by atoms with Crippen molar-refractivity contribution in [2.45, 2.75) is 5.75 Å². The van der Waals surface area contributed by atoms with E-state index in [0.717, 1.165) is 11.3 Å². The maximum Gasteiger partial charge on any atom is 0.132 e. The molecule has 0 aliphatic heterocycles. The first-order valence-electron chi connectivity index (χ1n) is 4.57. The first kappa shape index (κ1) is 10.3. The molecule has 0 saturated carbocycles. The summed E-state index contributed by atoms with van der Waals surface area (Å²) < 4.78 is 12.9. The first-order chi connectivity index (χ1) is 7.27. The Kier molecular flexibility index (Phi) is 3.08. The van der Waals surface area contributed by atoms with E-state index in [1.54, 1.807) is 17.1 Å². The Morgan fingerprint density at radius 1 is 1.53 bits per heavy atom. The molecule has 1 unspecified atom stereocenters. The average molecular weight is 219 g/mol. The largest absolute Gasteiger partial charge is 0.616 e. The molecular formula is C11H11N2OS. The Morgan fingerprint density at radius 3 is 3.07 bits per heavy atom. The number of benzene rings is 1. The lowest BCUT2D eigenvalue weighted by atomic mass is 10.2. The van der Waals surface area contributed by atoms with Crippen molar-refractivity contribution in [2.24, 2.45) is 0 Å². The molecule has 0 fully saturated rings. The Hall–Kier alpha value is -1.26. The molecule has 77 valence electrons. The van der Waals surface area contributed by atoms with Gasteiger partial charge in [-0.25, -0.2) is 4.68 Å². The Labute approximate surface area is 91.9 Å². The minimum Gasteiger partial charge on any atom is -0.616 e. The molecule has 0 aliphatic rings. The number of rotatable bonds is 3. The molecule has 1 heterocycles. The summed E-state index contributed by atoms with van der Waals surface area (Å²) in [6, 6.07) is 10.6. The van der Waals surface area contributed by atoms with E-state index in [1.165, 1.54) is 0 Å². The van der Waals surface area contributed by atoms with Gasteiger partial charge in [-0.3, -0.25) is 0 Å². The van der Waals surface area contributed by atoms with E-state index < -0.39 is 11.2 Å². The summed E-state index contributed by atoms with van der Waals surface area (Å²) in [4.78, 5) is 0. The van der Waals surface area contributed by atoms with Crippen molar-refractivity contribution in [3.05, 3.63) is 48.3 Å². The van der Waals surface area contributed by atoms with Crippen LogP contribution in [0.2, 0.25) is 0 Å². The second-order valence-electron chi connectivity index (χ2n) is 3.21. The van der Waals surface area contributed by atoms with E-state index in [9.17, 15) is 4.55 Å². The lowest BCUT2D eigenvalue weighted by molar-refractivity contribution is 0.600. The molecule has 1 atom stereocenters. The van der Waals surface area contributed by atoms with Crippen LogP contribution in [-0.4, -0.2) is 20.6 Å². The Balaban J connectivity index is 2.38. The molecule has 0 N–H and O–H groups in total. The number of aromatic nitrogens is 2. The van der Waals surface area contributed by atoms with Crippen LogP contribution in [0, 0.1) is 6.07 Å². The van der Waals surface area contributed by atoms with Gasteiger partial charge in [0.1, 0.15) is 5.75 Å². The summed E-state index contributed by atoms with van der Waals surface area (Å²) in [6.45, 7) is 0. The molecule has 3 nitrogen and oxygen atoms in total. The molecule has 0 spiro atoms. The van der Waals surface area contributed by atoms with E-state index in [0.29, 0.717) is 5.75 Å².